The first kappa shape index (κ1) is 25.3. The molecule has 0 radical (unpaired) electrons. The molecule has 0 saturated carbocycles. The van der Waals surface area contributed by atoms with E-state index in [9.17, 15) is 10.1 Å². The summed E-state index contributed by atoms with van der Waals surface area (Å²) >= 11 is 0. The van der Waals surface area contributed by atoms with Gasteiger partial charge in [-0.25, -0.2) is 0 Å². The minimum Gasteiger partial charge on any atom is -0.494 e. The number of anilines is 1. The number of hydrogen-bond acceptors (Lipinski definition) is 3. The van der Waals surface area contributed by atoms with Crippen LogP contribution in [0.2, 0.25) is 0 Å². The number of carbonyl (C=O) groups is 1. The molecule has 1 N–H and O–H groups in total. The van der Waals surface area contributed by atoms with E-state index in [0.29, 0.717) is 18.0 Å². The second-order valence-electron chi connectivity index (χ2n) is 8.82. The van der Waals surface area contributed by atoms with E-state index in [1.165, 1.54) is 0 Å². The molecule has 0 atom stereocenters. The third-order valence-corrected chi connectivity index (χ3v) is 6.23. The molecule has 0 aliphatic heterocycles. The highest BCUT2D eigenvalue weighted by molar-refractivity contribution is 6.10. The summed E-state index contributed by atoms with van der Waals surface area (Å²) in [5.41, 5.74) is 6.13. The summed E-state index contributed by atoms with van der Waals surface area (Å²) in [5, 5.41) is 12.9. The first-order valence-corrected chi connectivity index (χ1v) is 12.8. The number of ether oxygens (including phenoxy) is 1. The maximum Gasteiger partial charge on any atom is 0.266 e. The van der Waals surface area contributed by atoms with Crippen LogP contribution >= 0.6 is 0 Å². The van der Waals surface area contributed by atoms with Crippen LogP contribution in [0.4, 0.5) is 5.69 Å². The standard InChI is InChI=1S/C34H27N3O2/c1-2-39-31-20-12-17-29(23-31)36-34(38)28(24-35)21-27-22-32(25-13-6-3-7-14-25)37(30-18-10-5-11-19-30)33(27)26-15-8-4-9-16-26/h3-23H,2H2,1H3,(H,36,38). The van der Waals surface area contributed by atoms with Crippen LogP contribution in [0.15, 0.2) is 127 Å². The molecule has 4 aromatic carbocycles. The van der Waals surface area contributed by atoms with E-state index in [1.54, 1.807) is 24.3 Å². The van der Waals surface area contributed by atoms with Crippen molar-refractivity contribution in [3.05, 3.63) is 132 Å². The molecule has 0 saturated heterocycles. The normalized spacial score (nSPS) is 11.0. The second kappa shape index (κ2) is 11.8. The predicted molar refractivity (Wildman–Crippen MR) is 156 cm³/mol. The van der Waals surface area contributed by atoms with Crippen molar-refractivity contribution in [2.24, 2.45) is 0 Å². The van der Waals surface area contributed by atoms with Crippen molar-refractivity contribution in [3.8, 4) is 40.0 Å². The van der Waals surface area contributed by atoms with Crippen molar-refractivity contribution in [1.29, 1.82) is 5.26 Å². The molecule has 39 heavy (non-hydrogen) atoms. The summed E-state index contributed by atoms with van der Waals surface area (Å²) in [6, 6.07) is 41.5. The van der Waals surface area contributed by atoms with E-state index in [1.807, 2.05) is 85.8 Å². The fourth-order valence-electron chi connectivity index (χ4n) is 4.53. The number of nitrogens with zero attached hydrogens (tertiary/aromatic N) is 2. The monoisotopic (exact) mass is 509 g/mol. The molecule has 5 nitrogen and oxygen atoms in total. The van der Waals surface area contributed by atoms with Crippen molar-refractivity contribution >= 4 is 17.7 Å². The highest BCUT2D eigenvalue weighted by Gasteiger charge is 2.20. The van der Waals surface area contributed by atoms with Gasteiger partial charge in [-0.1, -0.05) is 84.9 Å². The van der Waals surface area contributed by atoms with E-state index in [2.05, 4.69) is 40.2 Å². The highest BCUT2D eigenvalue weighted by atomic mass is 16.5. The van der Waals surface area contributed by atoms with Gasteiger partial charge < -0.3 is 14.6 Å². The number of nitriles is 1. The lowest BCUT2D eigenvalue weighted by Crippen LogP contribution is -2.13. The number of hydrogen-bond donors (Lipinski definition) is 1. The Hall–Kier alpha value is -5.34. The van der Waals surface area contributed by atoms with Gasteiger partial charge >= 0.3 is 0 Å². The maximum absolute atomic E-state index is 13.2. The number of para-hydroxylation sites is 1. The number of aromatic nitrogens is 1. The van der Waals surface area contributed by atoms with Crippen LogP contribution in [-0.2, 0) is 4.79 Å². The largest absolute Gasteiger partial charge is 0.494 e. The Labute approximate surface area is 228 Å². The minimum atomic E-state index is -0.487. The lowest BCUT2D eigenvalue weighted by molar-refractivity contribution is -0.112. The van der Waals surface area contributed by atoms with Crippen LogP contribution < -0.4 is 10.1 Å². The van der Waals surface area contributed by atoms with Crippen LogP contribution in [0.5, 0.6) is 5.75 Å². The summed E-state index contributed by atoms with van der Waals surface area (Å²) in [7, 11) is 0. The molecule has 0 unspecified atom stereocenters. The molecule has 5 rings (SSSR count). The molecule has 1 amide bonds. The molecule has 1 heterocycles. The van der Waals surface area contributed by atoms with Gasteiger partial charge in [-0.3, -0.25) is 4.79 Å². The van der Waals surface area contributed by atoms with Gasteiger partial charge in [-0.05, 0) is 54.5 Å². The predicted octanol–water partition coefficient (Wildman–Crippen LogP) is 7.76. The van der Waals surface area contributed by atoms with Crippen molar-refractivity contribution in [1.82, 2.24) is 4.57 Å². The second-order valence-corrected chi connectivity index (χ2v) is 8.82. The van der Waals surface area contributed by atoms with Crippen LogP contribution in [0.1, 0.15) is 12.5 Å². The Morgan fingerprint density at radius 3 is 2.13 bits per heavy atom. The van der Waals surface area contributed by atoms with E-state index in [4.69, 9.17) is 4.74 Å². The average molecular weight is 510 g/mol. The molecule has 1 aromatic heterocycles. The summed E-state index contributed by atoms with van der Waals surface area (Å²) < 4.78 is 7.72. The molecule has 0 aliphatic carbocycles. The van der Waals surface area contributed by atoms with E-state index in [-0.39, 0.29) is 5.57 Å². The third kappa shape index (κ3) is 5.66. The minimum absolute atomic E-state index is 0.00109. The summed E-state index contributed by atoms with van der Waals surface area (Å²) in [6.45, 7) is 2.42. The van der Waals surface area contributed by atoms with Gasteiger partial charge in [0.05, 0.1) is 18.0 Å². The third-order valence-electron chi connectivity index (χ3n) is 6.23. The maximum atomic E-state index is 13.2. The zero-order valence-corrected chi connectivity index (χ0v) is 21.5. The summed E-state index contributed by atoms with van der Waals surface area (Å²) in [4.78, 5) is 13.2. The summed E-state index contributed by atoms with van der Waals surface area (Å²) in [6.07, 6.45) is 1.66. The Kier molecular flexibility index (Phi) is 7.66. The van der Waals surface area contributed by atoms with Crippen LogP contribution in [0, 0.1) is 11.3 Å². The van der Waals surface area contributed by atoms with Gasteiger partial charge in [0.1, 0.15) is 17.4 Å². The van der Waals surface area contributed by atoms with Crippen molar-refractivity contribution in [2.45, 2.75) is 6.92 Å². The van der Waals surface area contributed by atoms with Gasteiger partial charge in [-0.15, -0.1) is 0 Å². The molecule has 190 valence electrons. The van der Waals surface area contributed by atoms with Gasteiger partial charge in [-0.2, -0.15) is 5.26 Å². The van der Waals surface area contributed by atoms with Crippen LogP contribution in [0.3, 0.4) is 0 Å². The number of carbonyl (C=O) groups excluding carboxylic acids is 1. The number of nitrogens with one attached hydrogen (secondary N) is 1. The molecule has 5 heteroatoms. The molecular formula is C34H27N3O2. The van der Waals surface area contributed by atoms with Crippen LogP contribution in [-0.4, -0.2) is 17.1 Å². The Morgan fingerprint density at radius 2 is 1.49 bits per heavy atom. The van der Waals surface area contributed by atoms with Gasteiger partial charge in [0.25, 0.3) is 5.91 Å². The van der Waals surface area contributed by atoms with Gasteiger partial charge in [0.15, 0.2) is 0 Å². The lowest BCUT2D eigenvalue weighted by Gasteiger charge is -2.15. The van der Waals surface area contributed by atoms with E-state index >= 15 is 0 Å². The Morgan fingerprint density at radius 1 is 0.846 bits per heavy atom. The van der Waals surface area contributed by atoms with Gasteiger partial charge in [0, 0.05) is 23.0 Å². The molecule has 0 aliphatic rings. The first-order chi connectivity index (χ1) is 19.2. The van der Waals surface area contributed by atoms with E-state index in [0.717, 1.165) is 33.8 Å². The summed E-state index contributed by atoms with van der Waals surface area (Å²) in [5.74, 6) is 0.162. The van der Waals surface area contributed by atoms with E-state index < -0.39 is 5.91 Å². The van der Waals surface area contributed by atoms with Crippen molar-refractivity contribution < 1.29 is 9.53 Å². The Bertz CT molecular complexity index is 1650. The Balaban J connectivity index is 1.66. The lowest BCUT2D eigenvalue weighted by atomic mass is 10.0. The van der Waals surface area contributed by atoms with Crippen molar-refractivity contribution in [3.63, 3.8) is 0 Å². The molecular weight excluding hydrogens is 482 g/mol. The van der Waals surface area contributed by atoms with Crippen molar-refractivity contribution in [2.75, 3.05) is 11.9 Å². The molecule has 0 bridgehead atoms. The smallest absolute Gasteiger partial charge is 0.266 e. The fraction of sp³-hybridized carbons (Fsp3) is 0.0588. The number of rotatable bonds is 8. The molecule has 0 spiro atoms. The molecule has 5 aromatic rings. The zero-order chi connectivity index (χ0) is 27.0. The fourth-order valence-corrected chi connectivity index (χ4v) is 4.53. The SMILES string of the molecule is CCOc1cccc(NC(=O)C(C#N)=Cc2cc(-c3ccccc3)n(-c3ccccc3)c2-c2ccccc2)c1. The van der Waals surface area contributed by atoms with Gasteiger partial charge in [0.2, 0.25) is 0 Å². The zero-order valence-electron chi connectivity index (χ0n) is 21.5. The molecule has 0 fully saturated rings. The van der Waals surface area contributed by atoms with Crippen LogP contribution in [0.25, 0.3) is 34.3 Å². The quantitative estimate of drug-likeness (QED) is 0.172. The number of amides is 1. The first-order valence-electron chi connectivity index (χ1n) is 12.8. The number of benzene rings is 4. The highest BCUT2D eigenvalue weighted by Crippen LogP contribution is 2.37. The topological polar surface area (TPSA) is 67.0 Å². The average Bonchev–Trinajstić information content (AvgIpc) is 3.37.